The minimum atomic E-state index is -0.164. The van der Waals surface area contributed by atoms with Crippen molar-refractivity contribution in [3.05, 3.63) is 11.3 Å². The van der Waals surface area contributed by atoms with Crippen LogP contribution in [-0.4, -0.2) is 40.6 Å². The van der Waals surface area contributed by atoms with Crippen LogP contribution in [0.3, 0.4) is 0 Å². The van der Waals surface area contributed by atoms with E-state index in [1.165, 1.54) is 11.4 Å². The summed E-state index contributed by atoms with van der Waals surface area (Å²) in [6, 6.07) is 0. The molecule has 2 N–H and O–H groups in total. The van der Waals surface area contributed by atoms with Gasteiger partial charge in [0, 0.05) is 32.2 Å². The van der Waals surface area contributed by atoms with Gasteiger partial charge in [-0.3, -0.25) is 4.68 Å². The fourth-order valence-corrected chi connectivity index (χ4v) is 2.87. The lowest BCUT2D eigenvalue weighted by atomic mass is 9.96. The lowest BCUT2D eigenvalue weighted by molar-refractivity contribution is 0.0966. The summed E-state index contributed by atoms with van der Waals surface area (Å²) in [6.45, 7) is 9.93. The summed E-state index contributed by atoms with van der Waals surface area (Å²) in [5.74, 6) is 1.52. The van der Waals surface area contributed by atoms with E-state index in [9.17, 15) is 5.11 Å². The van der Waals surface area contributed by atoms with Gasteiger partial charge >= 0.3 is 0 Å². The molecule has 2 unspecified atom stereocenters. The number of anilines is 1. The molecular formula is C14H26N4O. The van der Waals surface area contributed by atoms with Crippen LogP contribution in [0.4, 0.5) is 5.82 Å². The minimum Gasteiger partial charge on any atom is -0.393 e. The molecule has 0 saturated carbocycles. The van der Waals surface area contributed by atoms with E-state index >= 15 is 0 Å². The van der Waals surface area contributed by atoms with Crippen LogP contribution in [0, 0.1) is 12.8 Å². The molecule has 5 heteroatoms. The number of aromatic nitrogens is 2. The number of hydrogen-bond acceptors (Lipinski definition) is 4. The van der Waals surface area contributed by atoms with E-state index in [1.54, 1.807) is 0 Å². The predicted octanol–water partition coefficient (Wildman–Crippen LogP) is 1.05. The molecule has 2 rings (SSSR count). The zero-order chi connectivity index (χ0) is 14.0. The molecule has 5 nitrogen and oxygen atoms in total. The van der Waals surface area contributed by atoms with E-state index in [1.807, 2.05) is 11.7 Å². The van der Waals surface area contributed by atoms with E-state index in [2.05, 4.69) is 36.1 Å². The van der Waals surface area contributed by atoms with Crippen molar-refractivity contribution in [1.29, 1.82) is 0 Å². The SMILES string of the molecule is CCNCc1c(C)nn(C)c1N1CCC(O)C(C)C1. The quantitative estimate of drug-likeness (QED) is 0.855. The lowest BCUT2D eigenvalue weighted by Gasteiger charge is -2.36. The van der Waals surface area contributed by atoms with Gasteiger partial charge in [0.05, 0.1) is 11.8 Å². The highest BCUT2D eigenvalue weighted by Gasteiger charge is 2.28. The van der Waals surface area contributed by atoms with Crippen LogP contribution in [0.15, 0.2) is 0 Å². The fourth-order valence-electron chi connectivity index (χ4n) is 2.87. The van der Waals surface area contributed by atoms with Gasteiger partial charge in [-0.1, -0.05) is 13.8 Å². The summed E-state index contributed by atoms with van der Waals surface area (Å²) >= 11 is 0. The van der Waals surface area contributed by atoms with Crippen LogP contribution >= 0.6 is 0 Å². The second kappa shape index (κ2) is 5.92. The molecular weight excluding hydrogens is 240 g/mol. The molecule has 1 aliphatic heterocycles. The van der Waals surface area contributed by atoms with Crippen LogP contribution in [0.2, 0.25) is 0 Å². The van der Waals surface area contributed by atoms with Crippen molar-refractivity contribution >= 4 is 5.82 Å². The Kier molecular flexibility index (Phi) is 4.47. The molecule has 0 aliphatic carbocycles. The maximum Gasteiger partial charge on any atom is 0.131 e. The van der Waals surface area contributed by atoms with Crippen LogP contribution in [0.1, 0.15) is 31.5 Å². The van der Waals surface area contributed by atoms with E-state index in [-0.39, 0.29) is 6.10 Å². The largest absolute Gasteiger partial charge is 0.393 e. The third-order valence-corrected chi connectivity index (χ3v) is 4.02. The van der Waals surface area contributed by atoms with E-state index in [4.69, 9.17) is 0 Å². The monoisotopic (exact) mass is 266 g/mol. The number of nitrogens with one attached hydrogen (secondary N) is 1. The van der Waals surface area contributed by atoms with Crippen molar-refractivity contribution in [3.8, 4) is 0 Å². The number of piperidine rings is 1. The van der Waals surface area contributed by atoms with Gasteiger partial charge in [0.15, 0.2) is 0 Å². The van der Waals surface area contributed by atoms with Crippen molar-refractivity contribution in [2.75, 3.05) is 24.5 Å². The lowest BCUT2D eigenvalue weighted by Crippen LogP contribution is -2.43. The standard InChI is InChI=1S/C14H26N4O/c1-5-15-8-12-11(3)16-17(4)14(12)18-7-6-13(19)10(2)9-18/h10,13,15,19H,5-9H2,1-4H3. The van der Waals surface area contributed by atoms with Gasteiger partial charge in [-0.25, -0.2) is 0 Å². The van der Waals surface area contributed by atoms with Crippen molar-refractivity contribution < 1.29 is 5.11 Å². The second-order valence-electron chi connectivity index (χ2n) is 5.57. The summed E-state index contributed by atoms with van der Waals surface area (Å²) in [4.78, 5) is 2.37. The first kappa shape index (κ1) is 14.3. The van der Waals surface area contributed by atoms with Gasteiger partial charge in [0.1, 0.15) is 5.82 Å². The molecule has 1 fully saturated rings. The molecule has 1 aromatic heterocycles. The Morgan fingerprint density at radius 2 is 2.21 bits per heavy atom. The Labute approximate surface area is 115 Å². The fraction of sp³-hybridized carbons (Fsp3) is 0.786. The van der Waals surface area contributed by atoms with Gasteiger partial charge in [-0.2, -0.15) is 5.10 Å². The zero-order valence-corrected chi connectivity index (χ0v) is 12.5. The molecule has 19 heavy (non-hydrogen) atoms. The van der Waals surface area contributed by atoms with E-state index < -0.39 is 0 Å². The molecule has 1 aliphatic rings. The number of aryl methyl sites for hydroxylation is 2. The van der Waals surface area contributed by atoms with Gasteiger partial charge in [-0.15, -0.1) is 0 Å². The highest BCUT2D eigenvalue weighted by molar-refractivity contribution is 5.50. The van der Waals surface area contributed by atoms with Crippen molar-refractivity contribution in [1.82, 2.24) is 15.1 Å². The smallest absolute Gasteiger partial charge is 0.131 e. The normalized spacial score (nSPS) is 23.9. The average Bonchev–Trinajstić information content (AvgIpc) is 2.65. The van der Waals surface area contributed by atoms with Crippen LogP contribution in [-0.2, 0) is 13.6 Å². The topological polar surface area (TPSA) is 53.3 Å². The Bertz CT molecular complexity index is 429. The summed E-state index contributed by atoms with van der Waals surface area (Å²) in [5, 5.41) is 17.8. The summed E-state index contributed by atoms with van der Waals surface area (Å²) in [5.41, 5.74) is 2.38. The zero-order valence-electron chi connectivity index (χ0n) is 12.5. The second-order valence-corrected chi connectivity index (χ2v) is 5.57. The summed E-state index contributed by atoms with van der Waals surface area (Å²) < 4.78 is 1.98. The van der Waals surface area contributed by atoms with Crippen LogP contribution in [0.5, 0.6) is 0 Å². The predicted molar refractivity (Wildman–Crippen MR) is 77.3 cm³/mol. The maximum atomic E-state index is 9.87. The summed E-state index contributed by atoms with van der Waals surface area (Å²) in [6.07, 6.45) is 0.675. The highest BCUT2D eigenvalue weighted by atomic mass is 16.3. The Morgan fingerprint density at radius 1 is 1.47 bits per heavy atom. The molecule has 0 spiro atoms. The molecule has 2 heterocycles. The van der Waals surface area contributed by atoms with Gasteiger partial charge < -0.3 is 15.3 Å². The van der Waals surface area contributed by atoms with E-state index in [0.717, 1.165) is 38.3 Å². The van der Waals surface area contributed by atoms with Gasteiger partial charge in [0.25, 0.3) is 0 Å². The molecule has 108 valence electrons. The highest BCUT2D eigenvalue weighted by Crippen LogP contribution is 2.28. The van der Waals surface area contributed by atoms with Crippen LogP contribution < -0.4 is 10.2 Å². The average molecular weight is 266 g/mol. The Morgan fingerprint density at radius 3 is 2.84 bits per heavy atom. The third-order valence-electron chi connectivity index (χ3n) is 4.02. The first-order valence-corrected chi connectivity index (χ1v) is 7.20. The molecule has 0 amide bonds. The molecule has 1 saturated heterocycles. The van der Waals surface area contributed by atoms with E-state index in [0.29, 0.717) is 5.92 Å². The Balaban J connectivity index is 2.23. The van der Waals surface area contributed by atoms with Gasteiger partial charge in [0.2, 0.25) is 0 Å². The number of hydrogen-bond donors (Lipinski definition) is 2. The molecule has 1 aromatic rings. The number of aliphatic hydroxyl groups excluding tert-OH is 1. The first-order valence-electron chi connectivity index (χ1n) is 7.20. The first-order chi connectivity index (χ1) is 9.04. The minimum absolute atomic E-state index is 0.164. The Hall–Kier alpha value is -1.07. The van der Waals surface area contributed by atoms with Crippen molar-refractivity contribution in [2.45, 2.75) is 39.8 Å². The maximum absolute atomic E-state index is 9.87. The molecule has 0 radical (unpaired) electrons. The molecule has 0 aromatic carbocycles. The molecule has 2 atom stereocenters. The van der Waals surface area contributed by atoms with Crippen molar-refractivity contribution in [2.24, 2.45) is 13.0 Å². The van der Waals surface area contributed by atoms with Crippen molar-refractivity contribution in [3.63, 3.8) is 0 Å². The number of nitrogens with zero attached hydrogens (tertiary/aromatic N) is 3. The molecule has 0 bridgehead atoms. The third kappa shape index (κ3) is 2.92. The summed E-state index contributed by atoms with van der Waals surface area (Å²) in [7, 11) is 2.01. The number of aliphatic hydroxyl groups is 1. The number of rotatable bonds is 4. The van der Waals surface area contributed by atoms with Crippen LogP contribution in [0.25, 0.3) is 0 Å². The van der Waals surface area contributed by atoms with Gasteiger partial charge in [-0.05, 0) is 25.8 Å².